The van der Waals surface area contributed by atoms with E-state index < -0.39 is 0 Å². The number of hydrogen-bond donors (Lipinski definition) is 2. The van der Waals surface area contributed by atoms with Gasteiger partial charge in [-0.3, -0.25) is 14.0 Å². The molecule has 0 unspecified atom stereocenters. The van der Waals surface area contributed by atoms with Crippen molar-refractivity contribution in [3.63, 3.8) is 0 Å². The highest BCUT2D eigenvalue weighted by atomic mass is 32.2. The highest BCUT2D eigenvalue weighted by Gasteiger charge is 2.23. The van der Waals surface area contributed by atoms with E-state index >= 15 is 0 Å². The summed E-state index contributed by atoms with van der Waals surface area (Å²) in [6.07, 6.45) is 4.85. The summed E-state index contributed by atoms with van der Waals surface area (Å²) in [6, 6.07) is 3.67. The summed E-state index contributed by atoms with van der Waals surface area (Å²) in [5.41, 5.74) is 1.50. The topological polar surface area (TPSA) is 75.5 Å². The Labute approximate surface area is 147 Å². The molecule has 8 heteroatoms. The Balaban J connectivity index is 2.24. The zero-order valence-corrected chi connectivity index (χ0v) is 14.5. The van der Waals surface area contributed by atoms with Crippen molar-refractivity contribution in [3.8, 4) is 0 Å². The number of hydrogen-bond acceptors (Lipinski definition) is 6. The number of rotatable bonds is 4. The van der Waals surface area contributed by atoms with Crippen LogP contribution in [0.25, 0.3) is 11.7 Å². The predicted molar refractivity (Wildman–Crippen MR) is 101 cm³/mol. The molecule has 24 heavy (non-hydrogen) atoms. The summed E-state index contributed by atoms with van der Waals surface area (Å²) in [4.78, 5) is 29.7. The third-order valence-electron chi connectivity index (χ3n) is 3.42. The minimum Gasteiger partial charge on any atom is -0.366 e. The standard InChI is InChI=1S/C16H14N4O2S2/c1-3-6-17-12-10(8-11-14(21)19-16(23)24-11)15(22)20-7-4-5-9(2)13(20)18-12/h3-5,7-8,17H,1,6H2,2H3,(H,19,21,23)/b11-8+. The first-order valence-electron chi connectivity index (χ1n) is 7.13. The summed E-state index contributed by atoms with van der Waals surface area (Å²) in [5, 5.41) is 5.60. The SMILES string of the molecule is C=CCNc1nc2c(C)cccn2c(=O)c1/C=C1/SC(=S)NC1=O. The Morgan fingerprint density at radius 2 is 2.29 bits per heavy atom. The molecule has 0 bridgehead atoms. The van der Waals surface area contributed by atoms with Gasteiger partial charge < -0.3 is 10.6 Å². The van der Waals surface area contributed by atoms with Crippen LogP contribution < -0.4 is 16.2 Å². The summed E-state index contributed by atoms with van der Waals surface area (Å²) in [5.74, 6) is 0.0985. The van der Waals surface area contributed by atoms with Crippen LogP contribution in [0.15, 0.2) is 40.7 Å². The van der Waals surface area contributed by atoms with Crippen LogP contribution in [-0.2, 0) is 4.79 Å². The molecule has 1 saturated heterocycles. The summed E-state index contributed by atoms with van der Waals surface area (Å²) >= 11 is 6.11. The van der Waals surface area contributed by atoms with Gasteiger partial charge in [-0.05, 0) is 24.6 Å². The van der Waals surface area contributed by atoms with E-state index in [9.17, 15) is 9.59 Å². The number of aryl methyl sites for hydroxylation is 1. The molecule has 0 radical (unpaired) electrons. The van der Waals surface area contributed by atoms with Crippen molar-refractivity contribution in [2.75, 3.05) is 11.9 Å². The molecule has 0 spiro atoms. The molecule has 1 fully saturated rings. The number of carbonyl (C=O) groups excluding carboxylic acids is 1. The second-order valence-electron chi connectivity index (χ2n) is 5.09. The zero-order valence-electron chi connectivity index (χ0n) is 12.8. The summed E-state index contributed by atoms with van der Waals surface area (Å²) < 4.78 is 1.84. The average molecular weight is 358 g/mol. The Morgan fingerprint density at radius 1 is 1.50 bits per heavy atom. The molecule has 1 aliphatic heterocycles. The molecule has 3 rings (SSSR count). The van der Waals surface area contributed by atoms with Crippen LogP contribution >= 0.6 is 24.0 Å². The van der Waals surface area contributed by atoms with Crippen molar-refractivity contribution in [2.24, 2.45) is 0 Å². The van der Waals surface area contributed by atoms with E-state index in [4.69, 9.17) is 12.2 Å². The third kappa shape index (κ3) is 2.98. The maximum Gasteiger partial charge on any atom is 0.267 e. The minimum absolute atomic E-state index is 0.256. The van der Waals surface area contributed by atoms with Crippen molar-refractivity contribution in [3.05, 3.63) is 57.4 Å². The Bertz CT molecular complexity index is 962. The number of nitrogens with one attached hydrogen (secondary N) is 2. The lowest BCUT2D eigenvalue weighted by Gasteiger charge is -2.11. The van der Waals surface area contributed by atoms with Crippen molar-refractivity contribution in [1.29, 1.82) is 0 Å². The quantitative estimate of drug-likeness (QED) is 0.495. The number of fused-ring (bicyclic) bond motifs is 1. The fourth-order valence-electron chi connectivity index (χ4n) is 2.30. The van der Waals surface area contributed by atoms with Crippen LogP contribution in [0.2, 0.25) is 0 Å². The third-order valence-corrected chi connectivity index (χ3v) is 4.58. The van der Waals surface area contributed by atoms with E-state index in [0.717, 1.165) is 17.3 Å². The average Bonchev–Trinajstić information content (AvgIpc) is 2.87. The number of anilines is 1. The molecule has 3 heterocycles. The fourth-order valence-corrected chi connectivity index (χ4v) is 3.32. The molecular weight excluding hydrogens is 344 g/mol. The number of pyridine rings is 1. The monoisotopic (exact) mass is 358 g/mol. The van der Waals surface area contributed by atoms with E-state index in [1.54, 1.807) is 18.3 Å². The molecule has 2 aromatic rings. The molecular formula is C16H14N4O2S2. The van der Waals surface area contributed by atoms with Gasteiger partial charge in [-0.2, -0.15) is 0 Å². The highest BCUT2D eigenvalue weighted by molar-refractivity contribution is 8.26. The smallest absolute Gasteiger partial charge is 0.267 e. The van der Waals surface area contributed by atoms with Gasteiger partial charge in [0.15, 0.2) is 0 Å². The molecule has 1 aliphatic rings. The molecule has 122 valence electrons. The first-order valence-corrected chi connectivity index (χ1v) is 8.35. The summed E-state index contributed by atoms with van der Waals surface area (Å²) in [6.45, 7) is 5.99. The lowest BCUT2D eigenvalue weighted by Crippen LogP contribution is -2.22. The van der Waals surface area contributed by atoms with Gasteiger partial charge in [0, 0.05) is 12.7 Å². The van der Waals surface area contributed by atoms with Crippen molar-refractivity contribution >= 4 is 51.7 Å². The second-order valence-corrected chi connectivity index (χ2v) is 6.80. The first-order chi connectivity index (χ1) is 11.5. The largest absolute Gasteiger partial charge is 0.366 e. The molecule has 2 N–H and O–H groups in total. The van der Waals surface area contributed by atoms with Crippen molar-refractivity contribution in [1.82, 2.24) is 14.7 Å². The molecule has 6 nitrogen and oxygen atoms in total. The van der Waals surface area contributed by atoms with Gasteiger partial charge in [0.05, 0.1) is 10.5 Å². The minimum atomic E-state index is -0.312. The van der Waals surface area contributed by atoms with Crippen LogP contribution in [0.1, 0.15) is 11.1 Å². The molecule has 2 aromatic heterocycles. The van der Waals surface area contributed by atoms with Gasteiger partial charge in [-0.25, -0.2) is 4.98 Å². The number of amides is 1. The van der Waals surface area contributed by atoms with Crippen LogP contribution in [0, 0.1) is 6.92 Å². The first kappa shape index (κ1) is 16.4. The van der Waals surface area contributed by atoms with Crippen molar-refractivity contribution in [2.45, 2.75) is 6.92 Å². The molecule has 0 aliphatic carbocycles. The zero-order chi connectivity index (χ0) is 17.3. The van der Waals surface area contributed by atoms with Gasteiger partial charge in [0.25, 0.3) is 11.5 Å². The predicted octanol–water partition coefficient (Wildman–Crippen LogP) is 2.09. The summed E-state index contributed by atoms with van der Waals surface area (Å²) in [7, 11) is 0. The van der Waals surface area contributed by atoms with Gasteiger partial charge in [-0.1, -0.05) is 36.1 Å². The van der Waals surface area contributed by atoms with Crippen LogP contribution in [0.3, 0.4) is 0 Å². The number of nitrogens with zero attached hydrogens (tertiary/aromatic N) is 2. The molecule has 1 amide bonds. The van der Waals surface area contributed by atoms with Gasteiger partial charge >= 0.3 is 0 Å². The molecule has 0 saturated carbocycles. The number of aromatic nitrogens is 2. The maximum atomic E-state index is 12.9. The van der Waals surface area contributed by atoms with Crippen molar-refractivity contribution < 1.29 is 4.79 Å². The Kier molecular flexibility index (Phi) is 4.50. The lowest BCUT2D eigenvalue weighted by atomic mass is 10.2. The number of thiocarbonyl (C=S) groups is 1. The molecule has 0 aromatic carbocycles. The van der Waals surface area contributed by atoms with Gasteiger partial charge in [0.2, 0.25) is 0 Å². The van der Waals surface area contributed by atoms with Crippen LogP contribution in [0.5, 0.6) is 0 Å². The highest BCUT2D eigenvalue weighted by Crippen LogP contribution is 2.27. The van der Waals surface area contributed by atoms with E-state index in [1.165, 1.54) is 10.5 Å². The van der Waals surface area contributed by atoms with Crippen LogP contribution in [-0.4, -0.2) is 26.2 Å². The second kappa shape index (κ2) is 6.58. The van der Waals surface area contributed by atoms with E-state index in [1.807, 2.05) is 13.0 Å². The van der Waals surface area contributed by atoms with Gasteiger partial charge in [0.1, 0.15) is 15.8 Å². The Hall–Kier alpha value is -2.45. The van der Waals surface area contributed by atoms with E-state index in [-0.39, 0.29) is 11.5 Å². The number of carbonyl (C=O) groups is 1. The normalized spacial score (nSPS) is 15.8. The fraction of sp³-hybridized carbons (Fsp3) is 0.125. The maximum absolute atomic E-state index is 12.9. The lowest BCUT2D eigenvalue weighted by molar-refractivity contribution is -0.115. The van der Waals surface area contributed by atoms with E-state index in [2.05, 4.69) is 22.2 Å². The van der Waals surface area contributed by atoms with E-state index in [0.29, 0.717) is 32.8 Å². The Morgan fingerprint density at radius 3 is 2.96 bits per heavy atom. The molecule has 0 atom stereocenters. The van der Waals surface area contributed by atoms with Crippen LogP contribution in [0.4, 0.5) is 5.82 Å². The van der Waals surface area contributed by atoms with Gasteiger partial charge in [-0.15, -0.1) is 6.58 Å². The number of thioether (sulfide) groups is 1.